The summed E-state index contributed by atoms with van der Waals surface area (Å²) in [5.41, 5.74) is 7.12. The summed E-state index contributed by atoms with van der Waals surface area (Å²) in [4.78, 5) is 26.6. The van der Waals surface area contributed by atoms with Gasteiger partial charge in [0.1, 0.15) is 18.3 Å². The molecule has 1 aromatic carbocycles. The molecule has 1 aliphatic rings. The number of pyridine rings is 1. The van der Waals surface area contributed by atoms with Gasteiger partial charge in [0, 0.05) is 19.2 Å². The Hall–Kier alpha value is -3.46. The molecule has 3 rings (SSSR count). The van der Waals surface area contributed by atoms with Crippen molar-refractivity contribution in [3.63, 3.8) is 0 Å². The number of amides is 1. The van der Waals surface area contributed by atoms with Crippen LogP contribution in [0.1, 0.15) is 43.1 Å². The van der Waals surface area contributed by atoms with Crippen molar-refractivity contribution in [2.24, 2.45) is 17.6 Å². The molecule has 234 valence electrons. The van der Waals surface area contributed by atoms with Gasteiger partial charge in [0.15, 0.2) is 0 Å². The van der Waals surface area contributed by atoms with E-state index in [0.717, 1.165) is 16.3 Å². The Labute approximate surface area is 242 Å². The number of alkyl halides is 4. The minimum absolute atomic E-state index is 0.132. The zero-order valence-corrected chi connectivity index (χ0v) is 24.5. The summed E-state index contributed by atoms with van der Waals surface area (Å²) < 4.78 is 71.8. The molecule has 1 aliphatic carbocycles. The van der Waals surface area contributed by atoms with Gasteiger partial charge >= 0.3 is 12.1 Å². The quantitative estimate of drug-likeness (QED) is 0.263. The normalized spacial score (nSPS) is 17.9. The molecular weight excluding hydrogens is 582 g/mol. The second-order valence-corrected chi connectivity index (χ2v) is 12.9. The lowest BCUT2D eigenvalue weighted by atomic mass is 10.00. The highest BCUT2D eigenvalue weighted by Gasteiger charge is 2.38. The highest BCUT2D eigenvalue weighted by atomic mass is 32.2. The summed E-state index contributed by atoms with van der Waals surface area (Å²) in [6, 6.07) is 10.9. The molecule has 0 spiro atoms. The van der Waals surface area contributed by atoms with E-state index < -0.39 is 52.1 Å². The molecule has 1 heterocycles. The lowest BCUT2D eigenvalue weighted by Crippen LogP contribution is -2.50. The monoisotopic (exact) mass is 619 g/mol. The van der Waals surface area contributed by atoms with Gasteiger partial charge in [-0.3, -0.25) is 9.10 Å². The Bertz CT molecular complexity index is 1310. The smallest absolute Gasteiger partial charge is 0.475 e. The second kappa shape index (κ2) is 14.6. The van der Waals surface area contributed by atoms with Crippen LogP contribution in [0.3, 0.4) is 0 Å². The standard InChI is InChI=1S/C25H36FN5O3S.C2HF3O2/c1-16(2)35(33,34)31(4)24-13-19(12-23(30-24)28-15-20-10-17(20)3)25(32)29-22(21(27)14-26)11-18-8-6-5-7-9-18;3-2(4,5)1(6)7/h5-9,12-13,16-17,20-22H,10-11,14-15,27H2,1-4H3,(H,28,30)(H,29,32);(H,6,7)/t17-,20+,21-,22-;/m0./s1. The van der Waals surface area contributed by atoms with Gasteiger partial charge in [-0.1, -0.05) is 37.3 Å². The van der Waals surface area contributed by atoms with E-state index in [1.807, 2.05) is 30.3 Å². The minimum Gasteiger partial charge on any atom is -0.475 e. The lowest BCUT2D eigenvalue weighted by molar-refractivity contribution is -0.192. The van der Waals surface area contributed by atoms with E-state index in [2.05, 4.69) is 22.5 Å². The summed E-state index contributed by atoms with van der Waals surface area (Å²) >= 11 is 0. The maximum Gasteiger partial charge on any atom is 0.490 e. The van der Waals surface area contributed by atoms with E-state index in [1.54, 1.807) is 19.9 Å². The number of nitrogens with zero attached hydrogens (tertiary/aromatic N) is 2. The lowest BCUT2D eigenvalue weighted by Gasteiger charge is -2.25. The number of anilines is 2. The van der Waals surface area contributed by atoms with Gasteiger partial charge in [-0.2, -0.15) is 13.2 Å². The Balaban J connectivity index is 0.000000782. The predicted molar refractivity (Wildman–Crippen MR) is 151 cm³/mol. The van der Waals surface area contributed by atoms with Crippen molar-refractivity contribution in [3.05, 3.63) is 53.6 Å². The number of benzene rings is 1. The first-order valence-corrected chi connectivity index (χ1v) is 14.7. The Morgan fingerprint density at radius 2 is 1.76 bits per heavy atom. The molecule has 0 aliphatic heterocycles. The highest BCUT2D eigenvalue weighted by Crippen LogP contribution is 2.37. The molecule has 1 saturated carbocycles. The summed E-state index contributed by atoms with van der Waals surface area (Å²) in [5, 5.41) is 12.5. The predicted octanol–water partition coefficient (Wildman–Crippen LogP) is 3.60. The number of sulfonamides is 1. The van der Waals surface area contributed by atoms with Crippen LogP contribution >= 0.6 is 0 Å². The van der Waals surface area contributed by atoms with Crippen molar-refractivity contribution in [1.82, 2.24) is 10.3 Å². The Kier molecular flexibility index (Phi) is 12.1. The summed E-state index contributed by atoms with van der Waals surface area (Å²) in [6.07, 6.45) is -3.61. The molecule has 0 unspecified atom stereocenters. The van der Waals surface area contributed by atoms with Gasteiger partial charge in [-0.15, -0.1) is 0 Å². The van der Waals surface area contributed by atoms with Gasteiger partial charge in [-0.05, 0) is 56.2 Å². The van der Waals surface area contributed by atoms with Crippen LogP contribution in [0.25, 0.3) is 0 Å². The average molecular weight is 620 g/mol. The number of carboxylic acid groups (broad SMARTS) is 1. The maximum absolute atomic E-state index is 13.5. The number of carbonyl (C=O) groups is 2. The molecule has 0 radical (unpaired) electrons. The van der Waals surface area contributed by atoms with Crippen LogP contribution in [0.5, 0.6) is 0 Å². The van der Waals surface area contributed by atoms with Crippen molar-refractivity contribution >= 4 is 33.5 Å². The van der Waals surface area contributed by atoms with Crippen LogP contribution in [0.2, 0.25) is 0 Å². The van der Waals surface area contributed by atoms with Crippen LogP contribution < -0.4 is 20.7 Å². The van der Waals surface area contributed by atoms with Crippen molar-refractivity contribution in [2.45, 2.75) is 57.1 Å². The first-order chi connectivity index (χ1) is 19.5. The third-order valence-corrected chi connectivity index (χ3v) is 8.89. The average Bonchev–Trinajstić information content (AvgIpc) is 3.65. The number of rotatable bonds is 12. The number of halogens is 4. The molecule has 0 saturated heterocycles. The Morgan fingerprint density at radius 1 is 1.19 bits per heavy atom. The first-order valence-electron chi connectivity index (χ1n) is 13.2. The van der Waals surface area contributed by atoms with Crippen molar-refractivity contribution < 1.29 is 40.7 Å². The van der Waals surface area contributed by atoms with Crippen molar-refractivity contribution in [1.29, 1.82) is 0 Å². The fourth-order valence-electron chi connectivity index (χ4n) is 3.80. The molecule has 1 aromatic heterocycles. The van der Waals surface area contributed by atoms with E-state index in [-0.39, 0.29) is 11.4 Å². The van der Waals surface area contributed by atoms with Crippen molar-refractivity contribution in [2.75, 3.05) is 29.9 Å². The molecule has 10 nitrogen and oxygen atoms in total. The maximum atomic E-state index is 13.5. The third kappa shape index (κ3) is 10.1. The van der Waals surface area contributed by atoms with Crippen LogP contribution in [0, 0.1) is 11.8 Å². The number of hydrogen-bond acceptors (Lipinski definition) is 7. The summed E-state index contributed by atoms with van der Waals surface area (Å²) in [6.45, 7) is 5.23. The molecule has 2 aromatic rings. The van der Waals surface area contributed by atoms with Gasteiger partial charge < -0.3 is 21.5 Å². The Morgan fingerprint density at radius 3 is 2.24 bits per heavy atom. The molecule has 4 atom stereocenters. The van der Waals surface area contributed by atoms with Gasteiger partial charge in [0.25, 0.3) is 5.91 Å². The molecule has 5 N–H and O–H groups in total. The topological polar surface area (TPSA) is 155 Å². The van der Waals surface area contributed by atoms with Gasteiger partial charge in [-0.25, -0.2) is 22.6 Å². The second-order valence-electron chi connectivity index (χ2n) is 10.4. The fourth-order valence-corrected chi connectivity index (χ4v) is 4.79. The van der Waals surface area contributed by atoms with Crippen LogP contribution in [-0.4, -0.2) is 74.2 Å². The van der Waals surface area contributed by atoms with E-state index in [4.69, 9.17) is 15.6 Å². The molecule has 1 fully saturated rings. The number of nitrogens with two attached hydrogens (primary N) is 1. The first kappa shape index (κ1) is 34.7. The van der Waals surface area contributed by atoms with Crippen LogP contribution in [-0.2, 0) is 21.2 Å². The van der Waals surface area contributed by atoms with E-state index in [9.17, 15) is 30.8 Å². The number of aromatic nitrogens is 1. The number of carbonyl (C=O) groups excluding carboxylic acids is 1. The molecule has 15 heteroatoms. The largest absolute Gasteiger partial charge is 0.490 e. The minimum atomic E-state index is -5.08. The van der Waals surface area contributed by atoms with Crippen molar-refractivity contribution in [3.8, 4) is 0 Å². The highest BCUT2D eigenvalue weighted by molar-refractivity contribution is 7.93. The number of carboxylic acids is 1. The zero-order chi connectivity index (χ0) is 31.8. The number of nitrogens with one attached hydrogen (secondary N) is 2. The van der Waals surface area contributed by atoms with Crippen LogP contribution in [0.15, 0.2) is 42.5 Å². The molecule has 0 bridgehead atoms. The SMILES string of the molecule is CC(C)S(=O)(=O)N(C)c1cc(C(=O)N[C@@H](Cc2ccccc2)[C@@H](N)CF)cc(NC[C@H]2C[C@@H]2C)n1.O=C(O)C(F)(F)F. The van der Waals surface area contributed by atoms with Crippen LogP contribution in [0.4, 0.5) is 29.2 Å². The van der Waals surface area contributed by atoms with E-state index >= 15 is 0 Å². The molecule has 42 heavy (non-hydrogen) atoms. The summed E-state index contributed by atoms with van der Waals surface area (Å²) in [7, 11) is -2.24. The van der Waals surface area contributed by atoms with Gasteiger partial charge in [0.2, 0.25) is 10.0 Å². The van der Waals surface area contributed by atoms with E-state index in [1.165, 1.54) is 13.1 Å². The van der Waals surface area contributed by atoms with E-state index in [0.29, 0.717) is 30.6 Å². The summed E-state index contributed by atoms with van der Waals surface area (Å²) in [5.74, 6) is -1.55. The number of aliphatic carboxylic acids is 1. The zero-order valence-electron chi connectivity index (χ0n) is 23.7. The third-order valence-electron chi connectivity index (χ3n) is 6.75. The van der Waals surface area contributed by atoms with Gasteiger partial charge in [0.05, 0.1) is 17.3 Å². The molecule has 1 amide bonds. The fraction of sp³-hybridized carbons (Fsp3) is 0.519. The molecular formula is C27H37F4N5O5S. The number of hydrogen-bond donors (Lipinski definition) is 4.